The van der Waals surface area contributed by atoms with Crippen LogP contribution in [-0.2, 0) is 4.74 Å². The summed E-state index contributed by atoms with van der Waals surface area (Å²) in [6, 6.07) is 0. The maximum Gasteiger partial charge on any atom is 0.225 e. The summed E-state index contributed by atoms with van der Waals surface area (Å²) in [5.74, 6) is 1.26. The van der Waals surface area contributed by atoms with E-state index in [2.05, 4.69) is 22.2 Å². The summed E-state index contributed by atoms with van der Waals surface area (Å²) in [5, 5.41) is 3.15. The van der Waals surface area contributed by atoms with Gasteiger partial charge in [0.05, 0.1) is 12.2 Å². The van der Waals surface area contributed by atoms with E-state index in [9.17, 15) is 0 Å². The van der Waals surface area contributed by atoms with Gasteiger partial charge in [0.15, 0.2) is 0 Å². The third kappa shape index (κ3) is 5.42. The van der Waals surface area contributed by atoms with Crippen LogP contribution in [0.4, 0.5) is 5.95 Å². The van der Waals surface area contributed by atoms with Crippen molar-refractivity contribution in [3.63, 3.8) is 0 Å². The van der Waals surface area contributed by atoms with Gasteiger partial charge in [-0.2, -0.15) is 4.98 Å². The van der Waals surface area contributed by atoms with E-state index in [-0.39, 0.29) is 5.60 Å². The Hall–Kier alpha value is -1.36. The predicted molar refractivity (Wildman–Crippen MR) is 76.7 cm³/mol. The molecule has 1 rings (SSSR count). The number of aromatic nitrogens is 2. The SMILES string of the molecule is CCCNc1ncc(C)c(OCCC(C)(C)OC)n1. The number of anilines is 1. The molecule has 0 radical (unpaired) electrons. The third-order valence-electron chi connectivity index (χ3n) is 2.95. The van der Waals surface area contributed by atoms with Crippen molar-refractivity contribution in [3.8, 4) is 5.88 Å². The fourth-order valence-corrected chi connectivity index (χ4v) is 1.39. The Labute approximate surface area is 115 Å². The number of aryl methyl sites for hydroxylation is 1. The first-order valence-electron chi connectivity index (χ1n) is 6.74. The Bertz CT molecular complexity index is 394. The molecule has 0 bridgehead atoms. The van der Waals surface area contributed by atoms with Crippen molar-refractivity contribution in [1.29, 1.82) is 0 Å². The minimum absolute atomic E-state index is 0.176. The van der Waals surface area contributed by atoms with Crippen molar-refractivity contribution in [3.05, 3.63) is 11.8 Å². The van der Waals surface area contributed by atoms with E-state index in [1.165, 1.54) is 0 Å². The fraction of sp³-hybridized carbons (Fsp3) is 0.714. The molecule has 0 saturated carbocycles. The molecule has 0 aliphatic heterocycles. The lowest BCUT2D eigenvalue weighted by Crippen LogP contribution is -2.25. The topological polar surface area (TPSA) is 56.3 Å². The van der Waals surface area contributed by atoms with Crippen LogP contribution in [0.15, 0.2) is 6.20 Å². The van der Waals surface area contributed by atoms with Crippen LogP contribution in [-0.4, -0.2) is 35.8 Å². The van der Waals surface area contributed by atoms with Crippen molar-refractivity contribution in [1.82, 2.24) is 9.97 Å². The number of ether oxygens (including phenoxy) is 2. The number of hydrogen-bond acceptors (Lipinski definition) is 5. The first-order chi connectivity index (χ1) is 8.98. The van der Waals surface area contributed by atoms with Crippen LogP contribution in [0.2, 0.25) is 0 Å². The smallest absolute Gasteiger partial charge is 0.225 e. The van der Waals surface area contributed by atoms with Crippen LogP contribution in [0.1, 0.15) is 39.2 Å². The number of rotatable bonds is 8. The monoisotopic (exact) mass is 267 g/mol. The van der Waals surface area contributed by atoms with Crippen LogP contribution in [0.3, 0.4) is 0 Å². The van der Waals surface area contributed by atoms with Gasteiger partial charge in [0.2, 0.25) is 11.8 Å². The quantitative estimate of drug-likeness (QED) is 0.785. The van der Waals surface area contributed by atoms with Crippen molar-refractivity contribution in [2.24, 2.45) is 0 Å². The molecule has 0 fully saturated rings. The lowest BCUT2D eigenvalue weighted by molar-refractivity contribution is 0.00502. The lowest BCUT2D eigenvalue weighted by Gasteiger charge is -2.22. The minimum Gasteiger partial charge on any atom is -0.477 e. The van der Waals surface area contributed by atoms with Crippen LogP contribution < -0.4 is 10.1 Å². The molecule has 1 heterocycles. The van der Waals surface area contributed by atoms with Gasteiger partial charge in [-0.3, -0.25) is 0 Å². The van der Waals surface area contributed by atoms with E-state index in [0.29, 0.717) is 18.4 Å². The van der Waals surface area contributed by atoms with E-state index in [1.54, 1.807) is 13.3 Å². The van der Waals surface area contributed by atoms with Crippen LogP contribution in [0, 0.1) is 6.92 Å². The first-order valence-corrected chi connectivity index (χ1v) is 6.74. The second-order valence-electron chi connectivity index (χ2n) is 5.17. The van der Waals surface area contributed by atoms with Gasteiger partial charge in [0.1, 0.15) is 0 Å². The highest BCUT2D eigenvalue weighted by atomic mass is 16.5. The molecule has 1 aromatic rings. The Morgan fingerprint density at radius 3 is 2.74 bits per heavy atom. The third-order valence-corrected chi connectivity index (χ3v) is 2.95. The van der Waals surface area contributed by atoms with Crippen LogP contribution >= 0.6 is 0 Å². The summed E-state index contributed by atoms with van der Waals surface area (Å²) in [7, 11) is 1.71. The zero-order valence-corrected chi connectivity index (χ0v) is 12.6. The van der Waals surface area contributed by atoms with Gasteiger partial charge in [0, 0.05) is 31.8 Å². The molecule has 0 aliphatic carbocycles. The van der Waals surface area contributed by atoms with Gasteiger partial charge in [-0.15, -0.1) is 0 Å². The molecular weight excluding hydrogens is 242 g/mol. The summed E-state index contributed by atoms with van der Waals surface area (Å²) in [4.78, 5) is 8.59. The number of methoxy groups -OCH3 is 1. The molecule has 1 N–H and O–H groups in total. The maximum absolute atomic E-state index is 5.72. The van der Waals surface area contributed by atoms with Crippen LogP contribution in [0.25, 0.3) is 0 Å². The van der Waals surface area contributed by atoms with E-state index in [1.807, 2.05) is 20.8 Å². The minimum atomic E-state index is -0.176. The standard InChI is InChI=1S/C14H25N3O2/c1-6-8-15-13-16-10-11(2)12(17-13)19-9-7-14(3,4)18-5/h10H,6-9H2,1-5H3,(H,15,16,17). The summed E-state index contributed by atoms with van der Waals surface area (Å²) >= 11 is 0. The molecule has 0 unspecified atom stereocenters. The second-order valence-corrected chi connectivity index (χ2v) is 5.17. The zero-order valence-electron chi connectivity index (χ0n) is 12.6. The van der Waals surface area contributed by atoms with E-state index in [4.69, 9.17) is 9.47 Å². The first kappa shape index (κ1) is 15.7. The average Bonchev–Trinajstić information content (AvgIpc) is 2.39. The second kappa shape index (κ2) is 7.28. The normalized spacial score (nSPS) is 11.4. The Kier molecular flexibility index (Phi) is 6.02. The molecule has 0 aromatic carbocycles. The Balaban J connectivity index is 2.57. The van der Waals surface area contributed by atoms with E-state index >= 15 is 0 Å². The molecule has 0 saturated heterocycles. The summed E-state index contributed by atoms with van der Waals surface area (Å²) < 4.78 is 11.1. The van der Waals surface area contributed by atoms with Crippen molar-refractivity contribution >= 4 is 5.95 Å². The van der Waals surface area contributed by atoms with Gasteiger partial charge < -0.3 is 14.8 Å². The lowest BCUT2D eigenvalue weighted by atomic mass is 10.1. The summed E-state index contributed by atoms with van der Waals surface area (Å²) in [6.07, 6.45) is 3.63. The summed E-state index contributed by atoms with van der Waals surface area (Å²) in [6.45, 7) is 9.56. The fourth-order valence-electron chi connectivity index (χ4n) is 1.39. The van der Waals surface area contributed by atoms with Crippen LogP contribution in [0.5, 0.6) is 5.88 Å². The van der Waals surface area contributed by atoms with E-state index < -0.39 is 0 Å². The highest BCUT2D eigenvalue weighted by Crippen LogP contribution is 2.18. The Morgan fingerprint density at radius 1 is 1.37 bits per heavy atom. The van der Waals surface area contributed by atoms with Gasteiger partial charge in [-0.25, -0.2) is 4.98 Å². The van der Waals surface area contributed by atoms with Crippen molar-refractivity contribution in [2.75, 3.05) is 25.6 Å². The molecular formula is C14H25N3O2. The number of hydrogen-bond donors (Lipinski definition) is 1. The molecule has 5 nitrogen and oxygen atoms in total. The highest BCUT2D eigenvalue weighted by molar-refractivity contribution is 5.32. The van der Waals surface area contributed by atoms with Crippen molar-refractivity contribution in [2.45, 2.75) is 46.1 Å². The Morgan fingerprint density at radius 2 is 2.11 bits per heavy atom. The molecule has 0 aliphatic rings. The zero-order chi connectivity index (χ0) is 14.3. The number of nitrogens with zero attached hydrogens (tertiary/aromatic N) is 2. The van der Waals surface area contributed by atoms with E-state index in [0.717, 1.165) is 24.9 Å². The molecule has 0 atom stereocenters. The van der Waals surface area contributed by atoms with Gasteiger partial charge in [-0.1, -0.05) is 6.92 Å². The molecule has 5 heteroatoms. The number of nitrogens with one attached hydrogen (secondary N) is 1. The summed E-state index contributed by atoms with van der Waals surface area (Å²) in [5.41, 5.74) is 0.766. The molecule has 1 aromatic heterocycles. The average molecular weight is 267 g/mol. The largest absolute Gasteiger partial charge is 0.477 e. The molecule has 19 heavy (non-hydrogen) atoms. The van der Waals surface area contributed by atoms with Crippen molar-refractivity contribution < 1.29 is 9.47 Å². The van der Waals surface area contributed by atoms with Gasteiger partial charge in [0.25, 0.3) is 0 Å². The molecule has 0 spiro atoms. The van der Waals surface area contributed by atoms with Gasteiger partial charge >= 0.3 is 0 Å². The molecule has 108 valence electrons. The molecule has 0 amide bonds. The van der Waals surface area contributed by atoms with Gasteiger partial charge in [-0.05, 0) is 27.2 Å². The highest BCUT2D eigenvalue weighted by Gasteiger charge is 2.16. The maximum atomic E-state index is 5.72. The predicted octanol–water partition coefficient (Wildman–Crippen LogP) is 2.80.